The summed E-state index contributed by atoms with van der Waals surface area (Å²) in [6.07, 6.45) is 5.34. The number of allylic oxidation sites excluding steroid dienone is 2. The average molecular weight is 516 g/mol. The van der Waals surface area contributed by atoms with Crippen molar-refractivity contribution in [2.45, 2.75) is 31.8 Å². The van der Waals surface area contributed by atoms with Crippen molar-refractivity contribution in [3.05, 3.63) is 84.5 Å². The van der Waals surface area contributed by atoms with Gasteiger partial charge in [-0.05, 0) is 48.4 Å². The van der Waals surface area contributed by atoms with Gasteiger partial charge in [-0.1, -0.05) is 59.8 Å². The van der Waals surface area contributed by atoms with Gasteiger partial charge in [0.2, 0.25) is 5.82 Å². The van der Waals surface area contributed by atoms with Crippen LogP contribution in [0.4, 0.5) is 4.39 Å². The number of rotatable bonds is 9. The van der Waals surface area contributed by atoms with E-state index in [2.05, 4.69) is 32.3 Å². The van der Waals surface area contributed by atoms with Gasteiger partial charge in [0.25, 0.3) is 5.89 Å². The Morgan fingerprint density at radius 3 is 2.76 bits per heavy atom. The first-order chi connectivity index (χ1) is 18.5. The van der Waals surface area contributed by atoms with Crippen molar-refractivity contribution >= 4 is 11.5 Å². The Labute approximate surface area is 217 Å². The molecule has 194 valence electrons. The van der Waals surface area contributed by atoms with E-state index in [1.165, 1.54) is 16.9 Å². The normalized spacial score (nSPS) is 17.3. The molecule has 0 radical (unpaired) electrons. The number of aromatic nitrogens is 5. The van der Waals surface area contributed by atoms with E-state index in [1.807, 2.05) is 24.3 Å². The Morgan fingerprint density at radius 1 is 1.24 bits per heavy atom. The lowest BCUT2D eigenvalue weighted by Gasteiger charge is -2.17. The van der Waals surface area contributed by atoms with Crippen molar-refractivity contribution < 1.29 is 18.8 Å². The van der Waals surface area contributed by atoms with Crippen LogP contribution < -0.4 is 11.1 Å². The van der Waals surface area contributed by atoms with Crippen LogP contribution in [0.2, 0.25) is 0 Å². The van der Waals surface area contributed by atoms with E-state index in [9.17, 15) is 14.3 Å². The van der Waals surface area contributed by atoms with Crippen molar-refractivity contribution in [2.75, 3.05) is 0 Å². The smallest absolute Gasteiger partial charge is 0.308 e. The van der Waals surface area contributed by atoms with Crippen LogP contribution in [0, 0.1) is 11.7 Å². The molecule has 1 fully saturated rings. The number of carboxylic acid groups (broad SMARTS) is 1. The average Bonchev–Trinajstić information content (AvgIpc) is 3.67. The molecule has 11 heteroatoms. The van der Waals surface area contributed by atoms with Crippen LogP contribution in [-0.2, 0) is 11.3 Å². The lowest BCUT2D eigenvalue weighted by atomic mass is 10.0. The molecule has 0 aliphatic heterocycles. The number of halogens is 1. The number of benzene rings is 2. The Hall–Kier alpha value is -4.64. The predicted octanol–water partition coefficient (Wildman–Crippen LogP) is 3.95. The zero-order valence-electron chi connectivity index (χ0n) is 20.4. The summed E-state index contributed by atoms with van der Waals surface area (Å²) in [6, 6.07) is 13.7. The van der Waals surface area contributed by atoms with Crippen LogP contribution >= 0.6 is 0 Å². The second-order valence-electron chi connectivity index (χ2n) is 9.02. The lowest BCUT2D eigenvalue weighted by molar-refractivity contribution is -0.142. The van der Waals surface area contributed by atoms with Crippen LogP contribution in [0.3, 0.4) is 0 Å². The van der Waals surface area contributed by atoms with Crippen molar-refractivity contribution in [3.8, 4) is 28.7 Å². The molecular formula is C27H26FN7O3. The molecule has 0 spiro atoms. The number of nitrogens with two attached hydrogens (primary N) is 1. The van der Waals surface area contributed by atoms with Gasteiger partial charge in [0.05, 0.1) is 5.92 Å². The topological polar surface area (TPSA) is 145 Å². The third kappa shape index (κ3) is 4.96. The summed E-state index contributed by atoms with van der Waals surface area (Å²) >= 11 is 0. The van der Waals surface area contributed by atoms with E-state index in [1.54, 1.807) is 24.3 Å². The Bertz CT molecular complexity index is 1490. The fraction of sp³-hybridized carbons (Fsp3) is 0.222. The standard InChI is InChI=1S/C27H26FN7O3/c1-16(13-14-29)24-23(32-34-35(24)22-8-3-2-6-20(22)28)26-31-25(33-38-26)18-11-9-17(10-12-18)15-30-21-7-4-5-19(21)27(36)37/h2-3,6,8-14,19,21,30H,1,4-5,7,15,29H2,(H,36,37)/b14-13-/t19-,21+/m0/s1. The quantitative estimate of drug-likeness (QED) is 0.282. The molecule has 0 bridgehead atoms. The van der Waals surface area contributed by atoms with E-state index in [4.69, 9.17) is 10.3 Å². The highest BCUT2D eigenvalue weighted by Gasteiger charge is 2.32. The van der Waals surface area contributed by atoms with Gasteiger partial charge in [0, 0.05) is 18.2 Å². The van der Waals surface area contributed by atoms with Gasteiger partial charge in [-0.2, -0.15) is 4.98 Å². The summed E-state index contributed by atoms with van der Waals surface area (Å²) in [5, 5.41) is 25.1. The van der Waals surface area contributed by atoms with E-state index in [0.29, 0.717) is 30.1 Å². The Balaban J connectivity index is 1.37. The molecule has 1 aliphatic rings. The molecule has 4 aromatic rings. The van der Waals surface area contributed by atoms with E-state index >= 15 is 0 Å². The molecule has 0 unspecified atom stereocenters. The van der Waals surface area contributed by atoms with Crippen molar-refractivity contribution in [3.63, 3.8) is 0 Å². The number of para-hydroxylation sites is 1. The van der Waals surface area contributed by atoms with E-state index in [0.717, 1.165) is 24.0 Å². The highest BCUT2D eigenvalue weighted by molar-refractivity contribution is 5.79. The first kappa shape index (κ1) is 25.0. The molecule has 38 heavy (non-hydrogen) atoms. The van der Waals surface area contributed by atoms with E-state index < -0.39 is 11.8 Å². The zero-order valence-corrected chi connectivity index (χ0v) is 20.4. The second kappa shape index (κ2) is 10.8. The number of carboxylic acids is 1. The van der Waals surface area contributed by atoms with Gasteiger partial charge in [0.15, 0.2) is 5.69 Å². The molecule has 1 saturated carbocycles. The first-order valence-electron chi connectivity index (χ1n) is 12.1. The third-order valence-corrected chi connectivity index (χ3v) is 6.59. The summed E-state index contributed by atoms with van der Waals surface area (Å²) < 4.78 is 21.3. The van der Waals surface area contributed by atoms with E-state index in [-0.39, 0.29) is 29.2 Å². The van der Waals surface area contributed by atoms with Gasteiger partial charge >= 0.3 is 5.97 Å². The van der Waals surface area contributed by atoms with Gasteiger partial charge < -0.3 is 20.7 Å². The molecule has 5 rings (SSSR count). The monoisotopic (exact) mass is 515 g/mol. The fourth-order valence-electron chi connectivity index (χ4n) is 4.66. The maximum Gasteiger partial charge on any atom is 0.308 e. The number of hydrogen-bond donors (Lipinski definition) is 3. The highest BCUT2D eigenvalue weighted by Crippen LogP contribution is 2.30. The summed E-state index contributed by atoms with van der Waals surface area (Å²) in [4.78, 5) is 15.9. The molecule has 10 nitrogen and oxygen atoms in total. The number of hydrogen-bond acceptors (Lipinski definition) is 8. The predicted molar refractivity (Wildman–Crippen MR) is 138 cm³/mol. The van der Waals surface area contributed by atoms with Crippen molar-refractivity contribution in [1.82, 2.24) is 30.5 Å². The van der Waals surface area contributed by atoms with Crippen LogP contribution in [0.15, 0.2) is 71.9 Å². The highest BCUT2D eigenvalue weighted by atomic mass is 19.1. The molecule has 4 N–H and O–H groups in total. The summed E-state index contributed by atoms with van der Waals surface area (Å²) in [5.41, 5.74) is 8.50. The first-order valence-corrected chi connectivity index (χ1v) is 12.1. The molecule has 2 atom stereocenters. The van der Waals surface area contributed by atoms with Gasteiger partial charge in [-0.15, -0.1) is 5.10 Å². The molecule has 0 amide bonds. The van der Waals surface area contributed by atoms with Gasteiger partial charge in [0.1, 0.15) is 17.2 Å². The van der Waals surface area contributed by atoms with Crippen molar-refractivity contribution in [2.24, 2.45) is 11.7 Å². The SMILES string of the molecule is C=C(/C=C\N)c1c(-c2nc(-c3ccc(CN[C@@H]4CCC[C@@H]4C(=O)O)cc3)no2)nnn1-c1ccccc1F. The molecule has 0 saturated heterocycles. The largest absolute Gasteiger partial charge is 0.481 e. The number of nitrogens with zero attached hydrogens (tertiary/aromatic N) is 5. The van der Waals surface area contributed by atoms with Crippen molar-refractivity contribution in [1.29, 1.82) is 0 Å². The Kier molecular flexibility index (Phi) is 7.09. The molecule has 1 aliphatic carbocycles. The van der Waals surface area contributed by atoms with Gasteiger partial charge in [-0.3, -0.25) is 4.79 Å². The molecule has 2 aromatic heterocycles. The third-order valence-electron chi connectivity index (χ3n) is 6.59. The van der Waals surface area contributed by atoms with Gasteiger partial charge in [-0.25, -0.2) is 9.07 Å². The van der Waals surface area contributed by atoms with Crippen LogP contribution in [0.25, 0.3) is 34.2 Å². The minimum atomic E-state index is -0.747. The maximum absolute atomic E-state index is 14.5. The molecular weight excluding hydrogens is 489 g/mol. The fourth-order valence-corrected chi connectivity index (χ4v) is 4.66. The summed E-state index contributed by atoms with van der Waals surface area (Å²) in [5.74, 6) is -1.14. The van der Waals surface area contributed by atoms with Crippen LogP contribution in [0.1, 0.15) is 30.5 Å². The summed E-state index contributed by atoms with van der Waals surface area (Å²) in [7, 11) is 0. The number of carbonyl (C=O) groups is 1. The Morgan fingerprint density at radius 2 is 2.03 bits per heavy atom. The number of aliphatic carboxylic acids is 1. The summed E-state index contributed by atoms with van der Waals surface area (Å²) in [6.45, 7) is 4.57. The number of nitrogens with one attached hydrogen (secondary N) is 1. The minimum Gasteiger partial charge on any atom is -0.481 e. The second-order valence-corrected chi connectivity index (χ2v) is 9.02. The maximum atomic E-state index is 14.5. The van der Waals surface area contributed by atoms with Crippen LogP contribution in [-0.4, -0.2) is 42.3 Å². The molecule has 2 aromatic carbocycles. The van der Waals surface area contributed by atoms with Crippen LogP contribution in [0.5, 0.6) is 0 Å². The minimum absolute atomic E-state index is 0.0252. The lowest BCUT2D eigenvalue weighted by Crippen LogP contribution is -2.35. The molecule has 2 heterocycles. The zero-order chi connectivity index (χ0) is 26.6.